The number of nitrogen functional groups attached to an aromatic ring is 1. The molecule has 1 aromatic heterocycles. The van der Waals surface area contributed by atoms with Crippen molar-refractivity contribution in [2.24, 2.45) is 5.84 Å². The quantitative estimate of drug-likeness (QED) is 0.408. The van der Waals surface area contributed by atoms with Gasteiger partial charge < -0.3 is 25.3 Å². The van der Waals surface area contributed by atoms with Crippen LogP contribution in [0.2, 0.25) is 5.28 Å². The molecule has 0 bridgehead atoms. The molecule has 1 fully saturated rings. The lowest BCUT2D eigenvalue weighted by Crippen LogP contribution is -2.52. The Balaban J connectivity index is 1.90. The third kappa shape index (κ3) is 5.33. The van der Waals surface area contributed by atoms with Gasteiger partial charge >= 0.3 is 12.1 Å². The first-order valence-corrected chi connectivity index (χ1v) is 8.10. The monoisotopic (exact) mass is 371 g/mol. The van der Waals surface area contributed by atoms with Gasteiger partial charge in [0.2, 0.25) is 5.28 Å². The Hall–Kier alpha value is -2.33. The Bertz CT molecular complexity index is 642. The highest BCUT2D eigenvalue weighted by Gasteiger charge is 2.28. The van der Waals surface area contributed by atoms with Gasteiger partial charge in [0.25, 0.3) is 0 Å². The number of carbonyl (C=O) groups is 2. The maximum atomic E-state index is 12.3. The zero-order chi connectivity index (χ0) is 18.6. The zero-order valence-corrected chi connectivity index (χ0v) is 15.1. The number of ether oxygens (including phenoxy) is 1. The molecule has 0 spiro atoms. The number of nitrogens with zero attached hydrogens (tertiary/aromatic N) is 4. The molecule has 0 radical (unpaired) electrons. The fourth-order valence-electron chi connectivity index (χ4n) is 2.17. The van der Waals surface area contributed by atoms with Gasteiger partial charge in [-0.05, 0) is 32.4 Å². The molecule has 0 saturated carbocycles. The Morgan fingerprint density at radius 2 is 1.84 bits per heavy atom. The Morgan fingerprint density at radius 3 is 2.40 bits per heavy atom. The third-order valence-corrected chi connectivity index (χ3v) is 3.54. The van der Waals surface area contributed by atoms with Crippen molar-refractivity contribution in [1.82, 2.24) is 19.8 Å². The third-order valence-electron chi connectivity index (χ3n) is 3.36. The number of nitrogens with one attached hydrogen (secondary N) is 2. The molecule has 1 aliphatic heterocycles. The number of rotatable bonds is 2. The average molecular weight is 372 g/mol. The lowest BCUT2D eigenvalue weighted by Gasteiger charge is -2.35. The number of hydrogen-bond acceptors (Lipinski definition) is 7. The normalized spacial score (nSPS) is 14.9. The van der Waals surface area contributed by atoms with Crippen LogP contribution >= 0.6 is 11.6 Å². The van der Waals surface area contributed by atoms with Crippen molar-refractivity contribution >= 4 is 35.2 Å². The molecule has 2 rings (SSSR count). The minimum atomic E-state index is -0.550. The first-order chi connectivity index (χ1) is 11.7. The van der Waals surface area contributed by atoms with E-state index in [2.05, 4.69) is 20.7 Å². The molecule has 3 amide bonds. The van der Waals surface area contributed by atoms with E-state index in [0.29, 0.717) is 31.9 Å². The summed E-state index contributed by atoms with van der Waals surface area (Å²) in [6.07, 6.45) is 0.979. The predicted molar refractivity (Wildman–Crippen MR) is 93.3 cm³/mol. The Kier molecular flexibility index (Phi) is 5.85. The van der Waals surface area contributed by atoms with E-state index in [9.17, 15) is 9.59 Å². The van der Waals surface area contributed by atoms with Gasteiger partial charge in [0.1, 0.15) is 11.3 Å². The fourth-order valence-corrected chi connectivity index (χ4v) is 2.31. The molecule has 1 aromatic rings. The molecular weight excluding hydrogens is 350 g/mol. The lowest BCUT2D eigenvalue weighted by molar-refractivity contribution is 0.0174. The molecule has 25 heavy (non-hydrogen) atoms. The number of aromatic nitrogens is 2. The minimum absolute atomic E-state index is 0.0110. The second-order valence-corrected chi connectivity index (χ2v) is 6.77. The van der Waals surface area contributed by atoms with Crippen molar-refractivity contribution in [1.29, 1.82) is 0 Å². The molecule has 138 valence electrons. The van der Waals surface area contributed by atoms with E-state index in [1.165, 1.54) is 6.20 Å². The summed E-state index contributed by atoms with van der Waals surface area (Å²) >= 11 is 5.68. The van der Waals surface area contributed by atoms with Crippen LogP contribution in [0, 0.1) is 0 Å². The van der Waals surface area contributed by atoms with Gasteiger partial charge in [-0.3, -0.25) is 0 Å². The van der Waals surface area contributed by atoms with E-state index in [1.54, 1.807) is 9.80 Å². The van der Waals surface area contributed by atoms with Crippen molar-refractivity contribution in [2.75, 3.05) is 36.9 Å². The van der Waals surface area contributed by atoms with Crippen LogP contribution in [0.1, 0.15) is 20.8 Å². The van der Waals surface area contributed by atoms with Crippen molar-refractivity contribution in [3.05, 3.63) is 11.5 Å². The Morgan fingerprint density at radius 1 is 1.24 bits per heavy atom. The largest absolute Gasteiger partial charge is 0.444 e. The van der Waals surface area contributed by atoms with Crippen molar-refractivity contribution in [3.63, 3.8) is 0 Å². The first kappa shape index (κ1) is 19.0. The van der Waals surface area contributed by atoms with Crippen LogP contribution in [0.25, 0.3) is 0 Å². The molecule has 0 unspecified atom stereocenters. The number of halogens is 1. The number of carbonyl (C=O) groups excluding carboxylic acids is 2. The SMILES string of the molecule is CC(C)(C)OC(=O)N1CCN(C(=O)Nc2cnc(Cl)nc2NN)CC1. The minimum Gasteiger partial charge on any atom is -0.444 e. The van der Waals surface area contributed by atoms with Gasteiger partial charge in [-0.1, -0.05) is 0 Å². The Labute approximate surface area is 150 Å². The molecule has 1 saturated heterocycles. The van der Waals surface area contributed by atoms with Crippen molar-refractivity contribution < 1.29 is 14.3 Å². The maximum Gasteiger partial charge on any atom is 0.410 e. The van der Waals surface area contributed by atoms with E-state index >= 15 is 0 Å². The molecule has 2 heterocycles. The maximum absolute atomic E-state index is 12.3. The zero-order valence-electron chi connectivity index (χ0n) is 14.4. The van der Waals surface area contributed by atoms with Gasteiger partial charge in [-0.15, -0.1) is 0 Å². The van der Waals surface area contributed by atoms with Crippen LogP contribution in [0.5, 0.6) is 0 Å². The summed E-state index contributed by atoms with van der Waals surface area (Å²) in [5.74, 6) is 5.56. The second-order valence-electron chi connectivity index (χ2n) is 6.43. The molecule has 0 atom stereocenters. The van der Waals surface area contributed by atoms with Crippen LogP contribution in [0.15, 0.2) is 6.20 Å². The van der Waals surface area contributed by atoms with E-state index in [4.69, 9.17) is 22.2 Å². The summed E-state index contributed by atoms with van der Waals surface area (Å²) in [4.78, 5) is 35.2. The van der Waals surface area contributed by atoms with E-state index < -0.39 is 5.60 Å². The van der Waals surface area contributed by atoms with Gasteiger partial charge in [-0.25, -0.2) is 20.4 Å². The summed E-state index contributed by atoms with van der Waals surface area (Å²) in [6.45, 7) is 6.97. The van der Waals surface area contributed by atoms with E-state index in [1.807, 2.05) is 20.8 Å². The number of anilines is 2. The van der Waals surface area contributed by atoms with E-state index in [-0.39, 0.29) is 23.2 Å². The fraction of sp³-hybridized carbons (Fsp3) is 0.571. The van der Waals surface area contributed by atoms with Gasteiger partial charge in [0, 0.05) is 26.2 Å². The molecular formula is C14H22ClN7O3. The smallest absolute Gasteiger partial charge is 0.410 e. The first-order valence-electron chi connectivity index (χ1n) is 7.72. The molecule has 1 aliphatic rings. The average Bonchev–Trinajstić information content (AvgIpc) is 2.55. The highest BCUT2D eigenvalue weighted by atomic mass is 35.5. The summed E-state index contributed by atoms with van der Waals surface area (Å²) < 4.78 is 5.33. The number of piperazine rings is 1. The number of nitrogens with two attached hydrogens (primary N) is 1. The topological polar surface area (TPSA) is 126 Å². The standard InChI is InChI=1S/C14H22ClN7O3/c1-14(2,3)25-13(24)22-6-4-21(5-7-22)12(23)18-9-8-17-11(15)19-10(9)20-16/h8H,4-7,16H2,1-3H3,(H,18,23)(H,17,19,20). The molecule has 4 N–H and O–H groups in total. The second kappa shape index (κ2) is 7.70. The van der Waals surface area contributed by atoms with Crippen molar-refractivity contribution in [2.45, 2.75) is 26.4 Å². The number of amides is 3. The summed E-state index contributed by atoms with van der Waals surface area (Å²) in [5, 5.41) is 2.68. The van der Waals surface area contributed by atoms with Crippen molar-refractivity contribution in [3.8, 4) is 0 Å². The van der Waals surface area contributed by atoms with Gasteiger partial charge in [0.05, 0.1) is 6.20 Å². The van der Waals surface area contributed by atoms with Crippen LogP contribution in [-0.4, -0.2) is 63.7 Å². The molecule has 11 heteroatoms. The summed E-state index contributed by atoms with van der Waals surface area (Å²) in [6, 6.07) is -0.341. The summed E-state index contributed by atoms with van der Waals surface area (Å²) in [5.41, 5.74) is 2.11. The number of urea groups is 1. The number of hydrogen-bond donors (Lipinski definition) is 3. The van der Waals surface area contributed by atoms with Crippen LogP contribution in [-0.2, 0) is 4.74 Å². The summed E-state index contributed by atoms with van der Waals surface area (Å²) in [7, 11) is 0. The van der Waals surface area contributed by atoms with Crippen LogP contribution in [0.3, 0.4) is 0 Å². The predicted octanol–water partition coefficient (Wildman–Crippen LogP) is 1.50. The van der Waals surface area contributed by atoms with Crippen LogP contribution < -0.4 is 16.6 Å². The molecule has 0 aromatic carbocycles. The van der Waals surface area contributed by atoms with Gasteiger partial charge in [0.15, 0.2) is 5.82 Å². The lowest BCUT2D eigenvalue weighted by atomic mass is 10.2. The highest BCUT2D eigenvalue weighted by Crippen LogP contribution is 2.19. The molecule has 0 aliphatic carbocycles. The highest BCUT2D eigenvalue weighted by molar-refractivity contribution is 6.28. The molecule has 10 nitrogen and oxygen atoms in total. The van der Waals surface area contributed by atoms with Gasteiger partial charge in [-0.2, -0.15) is 4.98 Å². The number of hydrazine groups is 1. The van der Waals surface area contributed by atoms with Crippen LogP contribution in [0.4, 0.5) is 21.1 Å². The van der Waals surface area contributed by atoms with E-state index in [0.717, 1.165) is 0 Å².